The topological polar surface area (TPSA) is 41.1 Å². The molecule has 2 aliphatic heterocycles. The van der Waals surface area contributed by atoms with E-state index >= 15 is 0 Å². The molecule has 0 bridgehead atoms. The molecule has 2 N–H and O–H groups in total. The summed E-state index contributed by atoms with van der Waals surface area (Å²) in [6.45, 7) is 0. The van der Waals surface area contributed by atoms with Gasteiger partial charge in [-0.25, -0.2) is 0 Å². The van der Waals surface area contributed by atoms with Crippen LogP contribution in [0, 0.1) is 0 Å². The van der Waals surface area contributed by atoms with Crippen molar-refractivity contribution in [1.82, 2.24) is 5.32 Å². The first-order chi connectivity index (χ1) is 8.19. The van der Waals surface area contributed by atoms with Crippen LogP contribution in [0.4, 0.5) is 5.69 Å². The van der Waals surface area contributed by atoms with Crippen LogP contribution in [0.2, 0.25) is 5.02 Å². The van der Waals surface area contributed by atoms with Crippen LogP contribution in [-0.2, 0) is 0 Å². The van der Waals surface area contributed by atoms with E-state index in [0.717, 1.165) is 30.0 Å². The molecule has 0 saturated carbocycles. The molecule has 1 amide bonds. The summed E-state index contributed by atoms with van der Waals surface area (Å²) in [4.78, 5) is 12.1. The SMILES string of the molecule is O=C1NC2(CCSCC2)Nc2cc(Cl)ccc21. The first-order valence-corrected chi connectivity index (χ1v) is 7.20. The van der Waals surface area contributed by atoms with Crippen molar-refractivity contribution in [2.24, 2.45) is 0 Å². The van der Waals surface area contributed by atoms with E-state index in [-0.39, 0.29) is 11.6 Å². The molecule has 0 radical (unpaired) electrons. The molecule has 1 spiro atoms. The molecule has 3 rings (SSSR count). The molecule has 1 aromatic rings. The molecule has 1 fully saturated rings. The van der Waals surface area contributed by atoms with Gasteiger partial charge < -0.3 is 10.6 Å². The number of hydrogen-bond donors (Lipinski definition) is 2. The van der Waals surface area contributed by atoms with Crippen molar-refractivity contribution >= 4 is 35.0 Å². The van der Waals surface area contributed by atoms with E-state index in [0.29, 0.717) is 10.6 Å². The lowest BCUT2D eigenvalue weighted by Crippen LogP contribution is -2.59. The van der Waals surface area contributed by atoms with Crippen molar-refractivity contribution in [3.05, 3.63) is 28.8 Å². The van der Waals surface area contributed by atoms with Gasteiger partial charge in [-0.1, -0.05) is 11.6 Å². The molecular weight excluding hydrogens is 256 g/mol. The minimum absolute atomic E-state index is 0.00215. The fourth-order valence-corrected chi connectivity index (χ4v) is 3.72. The Hall–Kier alpha value is -0.870. The molecule has 0 atom stereocenters. The molecule has 2 aliphatic rings. The number of nitrogens with one attached hydrogen (secondary N) is 2. The Bertz CT molecular complexity index is 472. The molecule has 5 heteroatoms. The number of benzene rings is 1. The van der Waals surface area contributed by atoms with E-state index in [1.165, 1.54) is 0 Å². The summed E-state index contributed by atoms with van der Waals surface area (Å²) >= 11 is 7.91. The number of carbonyl (C=O) groups is 1. The van der Waals surface area contributed by atoms with Crippen molar-refractivity contribution in [2.45, 2.75) is 18.5 Å². The van der Waals surface area contributed by atoms with Gasteiger partial charge in [0.1, 0.15) is 5.66 Å². The van der Waals surface area contributed by atoms with Crippen LogP contribution in [0.5, 0.6) is 0 Å². The highest BCUT2D eigenvalue weighted by atomic mass is 35.5. The number of thioether (sulfide) groups is 1. The van der Waals surface area contributed by atoms with E-state index in [1.807, 2.05) is 17.8 Å². The normalized spacial score (nSPS) is 21.6. The highest BCUT2D eigenvalue weighted by Crippen LogP contribution is 2.34. The zero-order chi connectivity index (χ0) is 11.9. The Morgan fingerprint density at radius 3 is 2.76 bits per heavy atom. The van der Waals surface area contributed by atoms with Crippen LogP contribution < -0.4 is 10.6 Å². The largest absolute Gasteiger partial charge is 0.362 e. The fraction of sp³-hybridized carbons (Fsp3) is 0.417. The average Bonchev–Trinajstić information content (AvgIpc) is 2.29. The fourth-order valence-electron chi connectivity index (χ4n) is 2.36. The predicted octanol–water partition coefficient (Wildman–Crippen LogP) is 2.72. The second-order valence-corrected chi connectivity index (χ2v) is 6.12. The average molecular weight is 269 g/mol. The predicted molar refractivity (Wildman–Crippen MR) is 71.8 cm³/mol. The van der Waals surface area contributed by atoms with Crippen LogP contribution in [0.15, 0.2) is 18.2 Å². The number of carbonyl (C=O) groups excluding carboxylic acids is 1. The Labute approximate surface area is 109 Å². The number of anilines is 1. The van der Waals surface area contributed by atoms with Crippen LogP contribution in [0.1, 0.15) is 23.2 Å². The zero-order valence-electron chi connectivity index (χ0n) is 9.25. The van der Waals surface area contributed by atoms with Gasteiger partial charge in [-0.05, 0) is 42.5 Å². The molecule has 17 heavy (non-hydrogen) atoms. The Morgan fingerprint density at radius 2 is 2.00 bits per heavy atom. The maximum absolute atomic E-state index is 12.1. The molecule has 3 nitrogen and oxygen atoms in total. The number of fused-ring (bicyclic) bond motifs is 1. The summed E-state index contributed by atoms with van der Waals surface area (Å²) in [6.07, 6.45) is 1.91. The summed E-state index contributed by atoms with van der Waals surface area (Å²) in [5.41, 5.74) is 1.27. The van der Waals surface area contributed by atoms with Gasteiger partial charge in [0, 0.05) is 5.02 Å². The molecule has 2 heterocycles. The molecule has 1 aromatic carbocycles. The number of halogens is 1. The van der Waals surface area contributed by atoms with Crippen molar-refractivity contribution < 1.29 is 4.79 Å². The third-order valence-electron chi connectivity index (χ3n) is 3.30. The lowest BCUT2D eigenvalue weighted by molar-refractivity contribution is 0.0895. The molecule has 0 unspecified atom stereocenters. The van der Waals surface area contributed by atoms with Gasteiger partial charge in [0.05, 0.1) is 11.3 Å². The van der Waals surface area contributed by atoms with Crippen LogP contribution in [0.25, 0.3) is 0 Å². The molecule has 0 aliphatic carbocycles. The quantitative estimate of drug-likeness (QED) is 0.760. The summed E-state index contributed by atoms with van der Waals surface area (Å²) in [6, 6.07) is 5.35. The van der Waals surface area contributed by atoms with Gasteiger partial charge in [0.2, 0.25) is 0 Å². The number of rotatable bonds is 0. The van der Waals surface area contributed by atoms with Crippen molar-refractivity contribution in [3.63, 3.8) is 0 Å². The molecule has 1 saturated heterocycles. The molecular formula is C12H13ClN2OS. The van der Waals surface area contributed by atoms with E-state index in [9.17, 15) is 4.79 Å². The third kappa shape index (κ3) is 2.00. The van der Waals surface area contributed by atoms with E-state index < -0.39 is 0 Å². The van der Waals surface area contributed by atoms with Gasteiger partial charge in [0.15, 0.2) is 0 Å². The third-order valence-corrected chi connectivity index (χ3v) is 4.52. The van der Waals surface area contributed by atoms with Gasteiger partial charge in [-0.2, -0.15) is 11.8 Å². The van der Waals surface area contributed by atoms with Crippen LogP contribution in [-0.4, -0.2) is 23.1 Å². The first-order valence-electron chi connectivity index (χ1n) is 5.67. The summed E-state index contributed by atoms with van der Waals surface area (Å²) in [5, 5.41) is 7.21. The van der Waals surface area contributed by atoms with Gasteiger partial charge in [-0.3, -0.25) is 4.79 Å². The van der Waals surface area contributed by atoms with E-state index in [2.05, 4.69) is 10.6 Å². The smallest absolute Gasteiger partial charge is 0.255 e. The Kier molecular flexibility index (Phi) is 2.71. The number of amides is 1. The van der Waals surface area contributed by atoms with E-state index in [1.54, 1.807) is 12.1 Å². The zero-order valence-corrected chi connectivity index (χ0v) is 10.8. The van der Waals surface area contributed by atoms with Crippen LogP contribution >= 0.6 is 23.4 Å². The second kappa shape index (κ2) is 4.10. The minimum Gasteiger partial charge on any atom is -0.362 e. The Balaban J connectivity index is 1.98. The maximum atomic E-state index is 12.1. The highest BCUT2D eigenvalue weighted by molar-refractivity contribution is 7.99. The monoisotopic (exact) mass is 268 g/mol. The lowest BCUT2D eigenvalue weighted by Gasteiger charge is -2.42. The standard InChI is InChI=1S/C12H13ClN2OS/c13-8-1-2-9-10(7-8)14-12(15-11(9)16)3-5-17-6-4-12/h1-2,7,14H,3-6H2,(H,15,16). The lowest BCUT2D eigenvalue weighted by atomic mass is 9.97. The van der Waals surface area contributed by atoms with Crippen molar-refractivity contribution in [1.29, 1.82) is 0 Å². The number of hydrogen-bond acceptors (Lipinski definition) is 3. The minimum atomic E-state index is -0.264. The van der Waals surface area contributed by atoms with Crippen molar-refractivity contribution in [3.8, 4) is 0 Å². The summed E-state index contributed by atoms with van der Waals surface area (Å²) in [7, 11) is 0. The molecule has 90 valence electrons. The Morgan fingerprint density at radius 1 is 1.24 bits per heavy atom. The van der Waals surface area contributed by atoms with Gasteiger partial charge in [-0.15, -0.1) is 0 Å². The van der Waals surface area contributed by atoms with Crippen molar-refractivity contribution in [2.75, 3.05) is 16.8 Å². The van der Waals surface area contributed by atoms with Crippen LogP contribution in [0.3, 0.4) is 0 Å². The highest BCUT2D eigenvalue weighted by Gasteiger charge is 2.38. The second-order valence-electron chi connectivity index (χ2n) is 4.46. The summed E-state index contributed by atoms with van der Waals surface area (Å²) < 4.78 is 0. The van der Waals surface area contributed by atoms with Gasteiger partial charge >= 0.3 is 0 Å². The molecule has 0 aromatic heterocycles. The maximum Gasteiger partial charge on any atom is 0.255 e. The first kappa shape index (κ1) is 11.2. The van der Waals surface area contributed by atoms with E-state index in [4.69, 9.17) is 11.6 Å². The summed E-state index contributed by atoms with van der Waals surface area (Å²) in [5.74, 6) is 2.15. The van der Waals surface area contributed by atoms with Gasteiger partial charge in [0.25, 0.3) is 5.91 Å².